The number of benzene rings is 1. The van der Waals surface area contributed by atoms with Crippen LogP contribution in [0.2, 0.25) is 0 Å². The Kier molecular flexibility index (Phi) is 5.06. The van der Waals surface area contributed by atoms with Gasteiger partial charge in [-0.3, -0.25) is 4.90 Å². The van der Waals surface area contributed by atoms with Gasteiger partial charge in [-0.05, 0) is 30.4 Å². The Morgan fingerprint density at radius 1 is 1.30 bits per heavy atom. The van der Waals surface area contributed by atoms with E-state index in [-0.39, 0.29) is 0 Å². The lowest BCUT2D eigenvalue weighted by Gasteiger charge is -2.29. The number of hydrogen-bond acceptors (Lipinski definition) is 3. The first-order chi connectivity index (χ1) is 9.48. The summed E-state index contributed by atoms with van der Waals surface area (Å²) in [5.41, 5.74) is 7.60. The maximum atomic E-state index is 5.97. The van der Waals surface area contributed by atoms with Gasteiger partial charge in [0.1, 0.15) is 12.4 Å². The predicted molar refractivity (Wildman–Crippen MR) is 83.8 cm³/mol. The van der Waals surface area contributed by atoms with Gasteiger partial charge < -0.3 is 10.5 Å². The fraction of sp³-hybridized carbons (Fsp3) is 0.647. The average Bonchev–Trinajstić information content (AvgIpc) is 2.57. The summed E-state index contributed by atoms with van der Waals surface area (Å²) < 4.78 is 5.82. The van der Waals surface area contributed by atoms with Crippen LogP contribution in [0, 0.1) is 11.3 Å². The van der Waals surface area contributed by atoms with Gasteiger partial charge >= 0.3 is 0 Å². The summed E-state index contributed by atoms with van der Waals surface area (Å²) in [7, 11) is 0. The Labute approximate surface area is 123 Å². The third-order valence-electron chi connectivity index (χ3n) is 3.78. The monoisotopic (exact) mass is 276 g/mol. The van der Waals surface area contributed by atoms with E-state index in [0.717, 1.165) is 38.5 Å². The molecule has 1 unspecified atom stereocenters. The summed E-state index contributed by atoms with van der Waals surface area (Å²) in [6.07, 6.45) is 1.17. The summed E-state index contributed by atoms with van der Waals surface area (Å²) in [5.74, 6) is 1.59. The van der Waals surface area contributed by atoms with E-state index < -0.39 is 0 Å². The van der Waals surface area contributed by atoms with Crippen molar-refractivity contribution in [1.29, 1.82) is 0 Å². The molecule has 1 aliphatic rings. The van der Waals surface area contributed by atoms with Gasteiger partial charge in [0, 0.05) is 25.2 Å². The lowest BCUT2D eigenvalue weighted by molar-refractivity contribution is 0.174. The van der Waals surface area contributed by atoms with Crippen molar-refractivity contribution in [2.24, 2.45) is 17.1 Å². The van der Waals surface area contributed by atoms with Crippen LogP contribution in [0.5, 0.6) is 5.75 Å². The van der Waals surface area contributed by atoms with Crippen molar-refractivity contribution in [3.8, 4) is 5.75 Å². The van der Waals surface area contributed by atoms with Gasteiger partial charge in [-0.1, -0.05) is 39.0 Å². The second kappa shape index (κ2) is 6.59. The molecule has 1 aromatic rings. The van der Waals surface area contributed by atoms with Crippen LogP contribution >= 0.6 is 0 Å². The van der Waals surface area contributed by atoms with Crippen LogP contribution < -0.4 is 10.5 Å². The van der Waals surface area contributed by atoms with E-state index in [4.69, 9.17) is 10.5 Å². The van der Waals surface area contributed by atoms with Crippen molar-refractivity contribution in [3.63, 3.8) is 0 Å². The molecule has 3 nitrogen and oxygen atoms in total. The molecule has 0 saturated heterocycles. The fourth-order valence-electron chi connectivity index (χ4n) is 2.99. The molecule has 1 atom stereocenters. The van der Waals surface area contributed by atoms with Gasteiger partial charge in [-0.25, -0.2) is 0 Å². The molecule has 0 spiro atoms. The van der Waals surface area contributed by atoms with E-state index in [1.165, 1.54) is 12.0 Å². The van der Waals surface area contributed by atoms with Gasteiger partial charge in [0.2, 0.25) is 0 Å². The van der Waals surface area contributed by atoms with Crippen LogP contribution in [0.15, 0.2) is 24.3 Å². The van der Waals surface area contributed by atoms with E-state index in [1.807, 2.05) is 6.07 Å². The Hall–Kier alpha value is -1.06. The average molecular weight is 276 g/mol. The highest BCUT2D eigenvalue weighted by Gasteiger charge is 2.22. The first-order valence-electron chi connectivity index (χ1n) is 7.61. The van der Waals surface area contributed by atoms with Gasteiger partial charge in [-0.2, -0.15) is 0 Å². The highest BCUT2D eigenvalue weighted by molar-refractivity contribution is 5.33. The number of nitrogens with zero attached hydrogens (tertiary/aromatic N) is 1. The maximum absolute atomic E-state index is 5.97. The molecular formula is C17H28N2O. The summed E-state index contributed by atoms with van der Waals surface area (Å²) in [6.45, 7) is 11.4. The SMILES string of the molecule is CC(C)(C)CC(CN)CN1CCOc2ccccc2C1. The molecule has 2 N–H and O–H groups in total. The van der Waals surface area contributed by atoms with E-state index in [2.05, 4.69) is 43.9 Å². The zero-order chi connectivity index (χ0) is 14.6. The van der Waals surface area contributed by atoms with Gasteiger partial charge in [-0.15, -0.1) is 0 Å². The standard InChI is InChI=1S/C17H28N2O/c1-17(2,3)10-14(11-18)12-19-8-9-20-16-7-5-4-6-15(16)13-19/h4-7,14H,8-13,18H2,1-3H3. The first-order valence-corrected chi connectivity index (χ1v) is 7.61. The van der Waals surface area contributed by atoms with Crippen molar-refractivity contribution < 1.29 is 4.74 Å². The topological polar surface area (TPSA) is 38.5 Å². The van der Waals surface area contributed by atoms with Crippen molar-refractivity contribution in [2.75, 3.05) is 26.2 Å². The van der Waals surface area contributed by atoms with Crippen molar-refractivity contribution in [2.45, 2.75) is 33.7 Å². The molecule has 0 radical (unpaired) electrons. The molecule has 0 aliphatic carbocycles. The summed E-state index contributed by atoms with van der Waals surface area (Å²) in [4.78, 5) is 2.48. The first kappa shape index (κ1) is 15.3. The van der Waals surface area contributed by atoms with E-state index in [0.29, 0.717) is 11.3 Å². The lowest BCUT2D eigenvalue weighted by Crippen LogP contribution is -2.35. The normalized spacial score (nSPS) is 18.0. The maximum Gasteiger partial charge on any atom is 0.123 e. The quantitative estimate of drug-likeness (QED) is 0.919. The van der Waals surface area contributed by atoms with Crippen LogP contribution in [0.3, 0.4) is 0 Å². The molecule has 1 aliphatic heterocycles. The molecule has 0 amide bonds. The highest BCUT2D eigenvalue weighted by Crippen LogP contribution is 2.27. The zero-order valence-corrected chi connectivity index (χ0v) is 13.1. The summed E-state index contributed by atoms with van der Waals surface area (Å²) in [5, 5.41) is 0. The van der Waals surface area contributed by atoms with Gasteiger partial charge in [0.15, 0.2) is 0 Å². The van der Waals surface area contributed by atoms with Crippen molar-refractivity contribution in [3.05, 3.63) is 29.8 Å². The Morgan fingerprint density at radius 2 is 2.05 bits per heavy atom. The van der Waals surface area contributed by atoms with Crippen LogP contribution in [-0.2, 0) is 6.54 Å². The largest absolute Gasteiger partial charge is 0.492 e. The van der Waals surface area contributed by atoms with Crippen LogP contribution in [0.25, 0.3) is 0 Å². The highest BCUT2D eigenvalue weighted by atomic mass is 16.5. The number of ether oxygens (including phenoxy) is 1. The van der Waals surface area contributed by atoms with Gasteiger partial charge in [0.25, 0.3) is 0 Å². The Bertz CT molecular complexity index is 425. The molecule has 0 aromatic heterocycles. The third kappa shape index (κ3) is 4.50. The molecule has 0 saturated carbocycles. The molecule has 0 bridgehead atoms. The molecule has 0 fully saturated rings. The van der Waals surface area contributed by atoms with Gasteiger partial charge in [0.05, 0.1) is 0 Å². The number of hydrogen-bond donors (Lipinski definition) is 1. The van der Waals surface area contributed by atoms with Crippen molar-refractivity contribution in [1.82, 2.24) is 4.90 Å². The van der Waals surface area contributed by atoms with E-state index >= 15 is 0 Å². The van der Waals surface area contributed by atoms with E-state index in [1.54, 1.807) is 0 Å². The molecule has 2 rings (SSSR count). The number of rotatable bonds is 4. The summed E-state index contributed by atoms with van der Waals surface area (Å²) in [6, 6.07) is 8.35. The molecule has 1 heterocycles. The van der Waals surface area contributed by atoms with Crippen molar-refractivity contribution >= 4 is 0 Å². The Balaban J connectivity index is 1.99. The Morgan fingerprint density at radius 3 is 2.75 bits per heavy atom. The zero-order valence-electron chi connectivity index (χ0n) is 13.1. The van der Waals surface area contributed by atoms with Crippen LogP contribution in [0.1, 0.15) is 32.8 Å². The number of nitrogens with two attached hydrogens (primary N) is 1. The minimum absolute atomic E-state index is 0.338. The lowest BCUT2D eigenvalue weighted by atomic mass is 9.84. The predicted octanol–water partition coefficient (Wildman–Crippen LogP) is 2.89. The van der Waals surface area contributed by atoms with Crippen LogP contribution in [0.4, 0.5) is 0 Å². The van der Waals surface area contributed by atoms with Crippen LogP contribution in [-0.4, -0.2) is 31.1 Å². The fourth-order valence-corrected chi connectivity index (χ4v) is 2.99. The summed E-state index contributed by atoms with van der Waals surface area (Å²) >= 11 is 0. The number of para-hydroxylation sites is 1. The minimum atomic E-state index is 0.338. The molecule has 3 heteroatoms. The molecular weight excluding hydrogens is 248 g/mol. The number of fused-ring (bicyclic) bond motifs is 1. The smallest absolute Gasteiger partial charge is 0.123 e. The molecule has 112 valence electrons. The molecule has 20 heavy (non-hydrogen) atoms. The van der Waals surface area contributed by atoms with E-state index in [9.17, 15) is 0 Å². The second-order valence-corrected chi connectivity index (χ2v) is 7.06. The third-order valence-corrected chi connectivity index (χ3v) is 3.78. The minimum Gasteiger partial charge on any atom is -0.492 e. The molecule has 1 aromatic carbocycles. The second-order valence-electron chi connectivity index (χ2n) is 7.06.